The first-order valence-electron chi connectivity index (χ1n) is 6.34. The maximum Gasteiger partial charge on any atom is 0.123 e. The van der Waals surface area contributed by atoms with E-state index in [0.717, 1.165) is 16.7 Å². The van der Waals surface area contributed by atoms with Gasteiger partial charge in [-0.3, -0.25) is 0 Å². The van der Waals surface area contributed by atoms with E-state index in [1.165, 1.54) is 12.1 Å². The molecule has 1 atom stereocenters. The van der Waals surface area contributed by atoms with E-state index in [4.69, 9.17) is 0 Å². The van der Waals surface area contributed by atoms with Gasteiger partial charge in [-0.05, 0) is 37.1 Å². The predicted octanol–water partition coefficient (Wildman–Crippen LogP) is 3.69. The molecule has 0 aliphatic carbocycles. The molecule has 2 aromatic carbocycles. The first-order valence-corrected chi connectivity index (χ1v) is 6.34. The van der Waals surface area contributed by atoms with E-state index >= 15 is 0 Å². The Labute approximate surface area is 112 Å². The van der Waals surface area contributed by atoms with Crippen molar-refractivity contribution in [1.82, 2.24) is 5.32 Å². The van der Waals surface area contributed by atoms with Gasteiger partial charge in [0.2, 0.25) is 0 Å². The van der Waals surface area contributed by atoms with E-state index < -0.39 is 0 Å². The lowest BCUT2D eigenvalue weighted by Crippen LogP contribution is -2.18. The lowest BCUT2D eigenvalue weighted by molar-refractivity contribution is 0.456. The number of phenolic OH excluding ortho intramolecular Hbond substituents is 1. The smallest absolute Gasteiger partial charge is 0.123 e. The van der Waals surface area contributed by atoms with Gasteiger partial charge in [0.05, 0.1) is 0 Å². The van der Waals surface area contributed by atoms with E-state index in [-0.39, 0.29) is 11.9 Å². The number of rotatable bonds is 4. The molecule has 0 saturated carbocycles. The van der Waals surface area contributed by atoms with Crippen LogP contribution < -0.4 is 5.32 Å². The molecule has 0 bridgehead atoms. The van der Waals surface area contributed by atoms with Gasteiger partial charge < -0.3 is 10.4 Å². The van der Waals surface area contributed by atoms with Gasteiger partial charge >= 0.3 is 0 Å². The summed E-state index contributed by atoms with van der Waals surface area (Å²) in [6.07, 6.45) is 0. The summed E-state index contributed by atoms with van der Waals surface area (Å²) < 4.78 is 13.1. The Morgan fingerprint density at radius 1 is 1.21 bits per heavy atom. The first kappa shape index (κ1) is 13.6. The highest BCUT2D eigenvalue weighted by atomic mass is 19.1. The fourth-order valence-corrected chi connectivity index (χ4v) is 2.02. The monoisotopic (exact) mass is 259 g/mol. The highest BCUT2D eigenvalue weighted by molar-refractivity contribution is 5.39. The molecular formula is C16H18FNO. The van der Waals surface area contributed by atoms with Crippen LogP contribution in [0.15, 0.2) is 42.5 Å². The summed E-state index contributed by atoms with van der Waals surface area (Å²) in [5, 5.41) is 13.2. The molecule has 0 radical (unpaired) electrons. The topological polar surface area (TPSA) is 32.3 Å². The van der Waals surface area contributed by atoms with Crippen molar-refractivity contribution in [3.05, 3.63) is 65.0 Å². The molecule has 3 heteroatoms. The third-order valence-corrected chi connectivity index (χ3v) is 3.27. The Bertz CT molecular complexity index is 568. The van der Waals surface area contributed by atoms with Gasteiger partial charge in [0.1, 0.15) is 11.6 Å². The van der Waals surface area contributed by atoms with Crippen LogP contribution in [-0.2, 0) is 6.54 Å². The summed E-state index contributed by atoms with van der Waals surface area (Å²) in [7, 11) is 0. The van der Waals surface area contributed by atoms with Crippen molar-refractivity contribution in [1.29, 1.82) is 0 Å². The van der Waals surface area contributed by atoms with E-state index in [1.807, 2.05) is 38.1 Å². The normalized spacial score (nSPS) is 12.4. The second-order valence-corrected chi connectivity index (χ2v) is 4.74. The summed E-state index contributed by atoms with van der Waals surface area (Å²) >= 11 is 0. The number of aryl methyl sites for hydroxylation is 1. The van der Waals surface area contributed by atoms with Crippen LogP contribution >= 0.6 is 0 Å². The van der Waals surface area contributed by atoms with Gasteiger partial charge in [0, 0.05) is 18.2 Å². The second kappa shape index (κ2) is 5.85. The standard InChI is InChI=1S/C16H18FNO/c1-11-5-3-7-14(16(11)19)10-18-12(2)13-6-4-8-15(17)9-13/h3-9,12,18-19H,10H2,1-2H3/t12-/m1/s1. The van der Waals surface area contributed by atoms with Gasteiger partial charge in [0.15, 0.2) is 0 Å². The van der Waals surface area contributed by atoms with Crippen LogP contribution in [0.25, 0.3) is 0 Å². The molecule has 0 fully saturated rings. The Morgan fingerprint density at radius 3 is 2.68 bits per heavy atom. The summed E-state index contributed by atoms with van der Waals surface area (Å²) in [5.74, 6) is 0.0889. The van der Waals surface area contributed by atoms with Crippen molar-refractivity contribution in [2.24, 2.45) is 0 Å². The van der Waals surface area contributed by atoms with Crippen LogP contribution in [0.2, 0.25) is 0 Å². The average Bonchev–Trinajstić information content (AvgIpc) is 2.40. The Balaban J connectivity index is 2.04. The number of phenols is 1. The molecular weight excluding hydrogens is 241 g/mol. The third kappa shape index (κ3) is 3.32. The molecule has 0 amide bonds. The number of aromatic hydroxyl groups is 1. The highest BCUT2D eigenvalue weighted by Crippen LogP contribution is 2.22. The molecule has 0 heterocycles. The van der Waals surface area contributed by atoms with Crippen molar-refractivity contribution in [2.45, 2.75) is 26.4 Å². The fourth-order valence-electron chi connectivity index (χ4n) is 2.02. The van der Waals surface area contributed by atoms with Crippen LogP contribution in [0.5, 0.6) is 5.75 Å². The molecule has 19 heavy (non-hydrogen) atoms. The van der Waals surface area contributed by atoms with Crippen molar-refractivity contribution in [3.63, 3.8) is 0 Å². The molecule has 0 aromatic heterocycles. The van der Waals surface area contributed by atoms with E-state index in [2.05, 4.69) is 5.32 Å². The minimum absolute atomic E-state index is 0.0237. The number of hydrogen-bond donors (Lipinski definition) is 2. The van der Waals surface area contributed by atoms with Gasteiger partial charge in [0.25, 0.3) is 0 Å². The number of hydrogen-bond acceptors (Lipinski definition) is 2. The van der Waals surface area contributed by atoms with E-state index in [9.17, 15) is 9.50 Å². The third-order valence-electron chi connectivity index (χ3n) is 3.27. The maximum atomic E-state index is 13.1. The largest absolute Gasteiger partial charge is 0.507 e. The van der Waals surface area contributed by atoms with Crippen LogP contribution in [0.3, 0.4) is 0 Å². The van der Waals surface area contributed by atoms with Gasteiger partial charge in [-0.1, -0.05) is 30.3 Å². The second-order valence-electron chi connectivity index (χ2n) is 4.74. The number of para-hydroxylation sites is 1. The zero-order valence-corrected chi connectivity index (χ0v) is 11.2. The molecule has 2 N–H and O–H groups in total. The number of nitrogens with one attached hydrogen (secondary N) is 1. The quantitative estimate of drug-likeness (QED) is 0.877. The van der Waals surface area contributed by atoms with Crippen LogP contribution in [0, 0.1) is 12.7 Å². The Hall–Kier alpha value is -1.87. The van der Waals surface area contributed by atoms with E-state index in [0.29, 0.717) is 12.3 Å². The number of benzene rings is 2. The molecule has 0 aliphatic heterocycles. The predicted molar refractivity (Wildman–Crippen MR) is 74.5 cm³/mol. The lowest BCUT2D eigenvalue weighted by atomic mass is 10.1. The highest BCUT2D eigenvalue weighted by Gasteiger charge is 2.08. The summed E-state index contributed by atoms with van der Waals surface area (Å²) in [6.45, 7) is 4.39. The zero-order valence-electron chi connectivity index (χ0n) is 11.2. The minimum atomic E-state index is -0.232. The molecule has 0 saturated heterocycles. The SMILES string of the molecule is Cc1cccc(CN[C@H](C)c2cccc(F)c2)c1O. The Morgan fingerprint density at radius 2 is 1.95 bits per heavy atom. The zero-order chi connectivity index (χ0) is 13.8. The first-order chi connectivity index (χ1) is 9.08. The molecule has 2 nitrogen and oxygen atoms in total. The molecule has 0 aliphatic rings. The molecule has 2 aromatic rings. The van der Waals surface area contributed by atoms with Crippen molar-refractivity contribution in [3.8, 4) is 5.75 Å². The molecule has 0 spiro atoms. The van der Waals surface area contributed by atoms with Crippen molar-refractivity contribution < 1.29 is 9.50 Å². The summed E-state index contributed by atoms with van der Waals surface area (Å²) in [6, 6.07) is 12.2. The lowest BCUT2D eigenvalue weighted by Gasteiger charge is -2.15. The van der Waals surface area contributed by atoms with E-state index in [1.54, 1.807) is 6.07 Å². The fraction of sp³-hybridized carbons (Fsp3) is 0.250. The van der Waals surface area contributed by atoms with Crippen LogP contribution in [0.1, 0.15) is 29.7 Å². The molecule has 0 unspecified atom stereocenters. The molecule has 100 valence electrons. The van der Waals surface area contributed by atoms with Crippen molar-refractivity contribution in [2.75, 3.05) is 0 Å². The molecule has 2 rings (SSSR count). The van der Waals surface area contributed by atoms with Gasteiger partial charge in [-0.25, -0.2) is 4.39 Å². The van der Waals surface area contributed by atoms with Crippen LogP contribution in [0.4, 0.5) is 4.39 Å². The summed E-state index contributed by atoms with van der Waals surface area (Å²) in [4.78, 5) is 0. The van der Waals surface area contributed by atoms with Crippen molar-refractivity contribution >= 4 is 0 Å². The van der Waals surface area contributed by atoms with Crippen LogP contribution in [-0.4, -0.2) is 5.11 Å². The van der Waals surface area contributed by atoms with Gasteiger partial charge in [-0.2, -0.15) is 0 Å². The Kier molecular flexibility index (Phi) is 4.17. The number of halogens is 1. The summed E-state index contributed by atoms with van der Waals surface area (Å²) in [5.41, 5.74) is 2.60. The maximum absolute atomic E-state index is 13.1. The minimum Gasteiger partial charge on any atom is -0.507 e. The van der Waals surface area contributed by atoms with Gasteiger partial charge in [-0.15, -0.1) is 0 Å². The average molecular weight is 259 g/mol.